The molecule has 1 rings (SSSR count). The maximum Gasteiger partial charge on any atom is 0.428 e. The molecule has 0 amide bonds. The molecular weight excluding hydrogens is 266 g/mol. The van der Waals surface area contributed by atoms with Crippen LogP contribution in [0.4, 0.5) is 0 Å². The van der Waals surface area contributed by atoms with E-state index in [-0.39, 0.29) is 5.41 Å². The Balaban J connectivity index is 2.97. The molecule has 0 radical (unpaired) electrons. The van der Waals surface area contributed by atoms with E-state index in [1.54, 1.807) is 12.1 Å². The highest BCUT2D eigenvalue weighted by Gasteiger charge is 2.20. The van der Waals surface area contributed by atoms with Gasteiger partial charge in [-0.1, -0.05) is 39.0 Å². The van der Waals surface area contributed by atoms with E-state index in [1.165, 1.54) is 0 Å². The highest BCUT2D eigenvalue weighted by atomic mass is 35.9. The van der Waals surface area contributed by atoms with Crippen LogP contribution in [0.3, 0.4) is 0 Å². The molecule has 0 bridgehead atoms. The molecule has 90 valence electrons. The Kier molecular flexibility index (Phi) is 4.34. The van der Waals surface area contributed by atoms with Crippen molar-refractivity contribution in [2.24, 2.45) is 5.41 Å². The standard InChI is InChI=1S/C11H15Cl2O2P/c1-11(2,3)8-9-6-4-5-7-10(9)15-16(12,13)14/h4-7H,8H2,1-3H3. The minimum atomic E-state index is -3.54. The van der Waals surface area contributed by atoms with E-state index in [2.05, 4.69) is 20.8 Å². The van der Waals surface area contributed by atoms with Crippen LogP contribution in [0.15, 0.2) is 24.3 Å². The van der Waals surface area contributed by atoms with Crippen molar-refractivity contribution in [1.29, 1.82) is 0 Å². The first kappa shape index (κ1) is 13.9. The molecule has 0 atom stereocenters. The Labute approximate surface area is 106 Å². The Morgan fingerprint density at radius 3 is 2.31 bits per heavy atom. The average molecular weight is 281 g/mol. The van der Waals surface area contributed by atoms with Crippen LogP contribution in [0, 0.1) is 5.41 Å². The van der Waals surface area contributed by atoms with Crippen molar-refractivity contribution in [3.8, 4) is 5.75 Å². The van der Waals surface area contributed by atoms with E-state index >= 15 is 0 Å². The molecule has 0 N–H and O–H groups in total. The minimum absolute atomic E-state index is 0.113. The molecule has 0 spiro atoms. The zero-order chi connectivity index (χ0) is 12.4. The maximum absolute atomic E-state index is 11.2. The SMILES string of the molecule is CC(C)(C)Cc1ccccc1OP(=O)(Cl)Cl. The van der Waals surface area contributed by atoms with Gasteiger partial charge in [-0.2, -0.15) is 0 Å². The Bertz CT molecular complexity index is 407. The van der Waals surface area contributed by atoms with Gasteiger partial charge in [0.2, 0.25) is 0 Å². The van der Waals surface area contributed by atoms with Gasteiger partial charge >= 0.3 is 6.07 Å². The van der Waals surface area contributed by atoms with E-state index < -0.39 is 6.07 Å². The van der Waals surface area contributed by atoms with Crippen LogP contribution >= 0.6 is 28.6 Å². The summed E-state index contributed by atoms with van der Waals surface area (Å²) < 4.78 is 16.3. The largest absolute Gasteiger partial charge is 0.428 e. The fourth-order valence-electron chi connectivity index (χ4n) is 1.42. The second kappa shape index (κ2) is 5.00. The number of hydrogen-bond donors (Lipinski definition) is 0. The summed E-state index contributed by atoms with van der Waals surface area (Å²) in [6.07, 6.45) is -2.73. The smallest absolute Gasteiger partial charge is 0.422 e. The number of rotatable bonds is 3. The second-order valence-corrected chi connectivity index (χ2v) is 9.05. The first-order chi connectivity index (χ1) is 7.17. The van der Waals surface area contributed by atoms with E-state index in [0.29, 0.717) is 5.75 Å². The normalized spacial score (nSPS) is 12.6. The van der Waals surface area contributed by atoms with Gasteiger partial charge in [0.05, 0.1) is 0 Å². The van der Waals surface area contributed by atoms with Gasteiger partial charge in [-0.15, -0.1) is 0 Å². The molecule has 0 aromatic heterocycles. The summed E-state index contributed by atoms with van der Waals surface area (Å²) in [5, 5.41) is 0. The summed E-state index contributed by atoms with van der Waals surface area (Å²) in [7, 11) is 0. The molecule has 0 aliphatic rings. The van der Waals surface area contributed by atoms with Crippen molar-refractivity contribution >= 4 is 28.6 Å². The van der Waals surface area contributed by atoms with Crippen molar-refractivity contribution in [1.82, 2.24) is 0 Å². The summed E-state index contributed by atoms with van der Waals surface area (Å²) in [6.45, 7) is 6.35. The maximum atomic E-state index is 11.2. The number of benzene rings is 1. The zero-order valence-electron chi connectivity index (χ0n) is 9.54. The third-order valence-electron chi connectivity index (χ3n) is 1.90. The van der Waals surface area contributed by atoms with Crippen molar-refractivity contribution in [2.75, 3.05) is 0 Å². The molecule has 0 aliphatic heterocycles. The Morgan fingerprint density at radius 1 is 1.25 bits per heavy atom. The molecule has 2 nitrogen and oxygen atoms in total. The summed E-state index contributed by atoms with van der Waals surface area (Å²) >= 11 is 10.8. The van der Waals surface area contributed by atoms with E-state index in [0.717, 1.165) is 12.0 Å². The summed E-state index contributed by atoms with van der Waals surface area (Å²) in [4.78, 5) is 0. The average Bonchev–Trinajstić information content (AvgIpc) is 2.03. The van der Waals surface area contributed by atoms with Gasteiger partial charge in [0, 0.05) is 22.5 Å². The lowest BCUT2D eigenvalue weighted by Crippen LogP contribution is -2.09. The minimum Gasteiger partial charge on any atom is -0.422 e. The van der Waals surface area contributed by atoms with Gasteiger partial charge in [-0.25, -0.2) is 4.57 Å². The van der Waals surface area contributed by atoms with Crippen molar-refractivity contribution in [3.63, 3.8) is 0 Å². The van der Waals surface area contributed by atoms with Crippen LogP contribution in [-0.2, 0) is 11.0 Å². The Hall–Kier alpha value is -0.170. The van der Waals surface area contributed by atoms with Gasteiger partial charge in [0.25, 0.3) is 0 Å². The summed E-state index contributed by atoms with van der Waals surface area (Å²) in [6, 6.07) is 7.34. The van der Waals surface area contributed by atoms with Crippen molar-refractivity contribution in [3.05, 3.63) is 29.8 Å². The molecule has 0 unspecified atom stereocenters. The molecule has 1 aromatic rings. The highest BCUT2D eigenvalue weighted by molar-refractivity contribution is 8.05. The molecule has 0 fully saturated rings. The molecule has 0 aliphatic carbocycles. The molecule has 5 heteroatoms. The molecule has 0 heterocycles. The Morgan fingerprint density at radius 2 is 1.81 bits per heavy atom. The molecule has 1 aromatic carbocycles. The van der Waals surface area contributed by atoms with Crippen LogP contribution in [0.5, 0.6) is 5.75 Å². The predicted octanol–water partition coefficient (Wildman–Crippen LogP) is 5.24. The first-order valence-corrected chi connectivity index (χ1v) is 8.38. The van der Waals surface area contributed by atoms with Crippen molar-refractivity contribution < 1.29 is 9.09 Å². The number of hydrogen-bond acceptors (Lipinski definition) is 2. The van der Waals surface area contributed by atoms with Crippen LogP contribution in [0.25, 0.3) is 0 Å². The second-order valence-electron chi connectivity index (χ2n) is 4.85. The van der Waals surface area contributed by atoms with Crippen LogP contribution in [-0.4, -0.2) is 0 Å². The van der Waals surface area contributed by atoms with Gasteiger partial charge in [-0.05, 0) is 23.5 Å². The van der Waals surface area contributed by atoms with Gasteiger partial charge in [0.15, 0.2) is 0 Å². The van der Waals surface area contributed by atoms with E-state index in [4.69, 9.17) is 27.0 Å². The topological polar surface area (TPSA) is 26.3 Å². The summed E-state index contributed by atoms with van der Waals surface area (Å²) in [5.41, 5.74) is 1.07. The fourth-order valence-corrected chi connectivity index (χ4v) is 2.28. The lowest BCUT2D eigenvalue weighted by molar-refractivity contribution is 0.404. The quantitative estimate of drug-likeness (QED) is 0.708. The van der Waals surface area contributed by atoms with Crippen LogP contribution in [0.2, 0.25) is 0 Å². The van der Waals surface area contributed by atoms with Crippen molar-refractivity contribution in [2.45, 2.75) is 27.2 Å². The third-order valence-corrected chi connectivity index (χ3v) is 2.72. The molecule has 16 heavy (non-hydrogen) atoms. The van der Waals surface area contributed by atoms with E-state index in [1.807, 2.05) is 12.1 Å². The predicted molar refractivity (Wildman–Crippen MR) is 69.5 cm³/mol. The monoisotopic (exact) mass is 280 g/mol. The number of halogens is 2. The molecule has 0 saturated carbocycles. The van der Waals surface area contributed by atoms with Gasteiger partial charge in [-0.3, -0.25) is 0 Å². The number of para-hydroxylation sites is 1. The zero-order valence-corrected chi connectivity index (χ0v) is 11.9. The third kappa shape index (κ3) is 5.25. The first-order valence-electron chi connectivity index (χ1n) is 4.94. The van der Waals surface area contributed by atoms with Crippen LogP contribution in [0.1, 0.15) is 26.3 Å². The van der Waals surface area contributed by atoms with Crippen LogP contribution < -0.4 is 4.52 Å². The van der Waals surface area contributed by atoms with E-state index in [9.17, 15) is 4.57 Å². The highest BCUT2D eigenvalue weighted by Crippen LogP contribution is 2.57. The molecule has 0 saturated heterocycles. The summed E-state index contributed by atoms with van der Waals surface area (Å²) in [5.74, 6) is 0.491. The molecular formula is C11H15Cl2O2P. The lowest BCUT2D eigenvalue weighted by atomic mass is 9.88. The lowest BCUT2D eigenvalue weighted by Gasteiger charge is -2.20. The van der Waals surface area contributed by atoms with Gasteiger partial charge < -0.3 is 4.52 Å². The fraction of sp³-hybridized carbons (Fsp3) is 0.455. The van der Waals surface area contributed by atoms with Gasteiger partial charge in [0.1, 0.15) is 5.75 Å².